The van der Waals surface area contributed by atoms with Gasteiger partial charge in [-0.2, -0.15) is 0 Å². The average Bonchev–Trinajstić information content (AvgIpc) is 2.54. The van der Waals surface area contributed by atoms with E-state index in [0.29, 0.717) is 12.0 Å². The Hall–Kier alpha value is -1.61. The molecule has 2 N–H and O–H groups in total. The minimum absolute atomic E-state index is 0.0570. The second-order valence-electron chi connectivity index (χ2n) is 3.19. The van der Waals surface area contributed by atoms with Crippen molar-refractivity contribution in [3.8, 4) is 0 Å². The largest absolute Gasteiger partial charge is 0.377 e. The Labute approximate surface area is 82.1 Å². The van der Waals surface area contributed by atoms with Crippen LogP contribution in [0.5, 0.6) is 0 Å². The standard InChI is InChI=1S/C11H11NO2/c13-7-12-6-9-5-8-3-1-2-4-10(8)11(9)14/h1-4,6,12-13H,5,7H2/b9-6-. The minimum Gasteiger partial charge on any atom is -0.377 e. The van der Waals surface area contributed by atoms with E-state index in [9.17, 15) is 4.79 Å². The van der Waals surface area contributed by atoms with E-state index in [2.05, 4.69) is 5.32 Å². The molecule has 3 nitrogen and oxygen atoms in total. The molecule has 0 fully saturated rings. The molecule has 0 heterocycles. The van der Waals surface area contributed by atoms with Crippen molar-refractivity contribution >= 4 is 5.78 Å². The van der Waals surface area contributed by atoms with E-state index in [1.807, 2.05) is 24.3 Å². The smallest absolute Gasteiger partial charge is 0.191 e. The highest BCUT2D eigenvalue weighted by Gasteiger charge is 2.23. The summed E-state index contributed by atoms with van der Waals surface area (Å²) in [4.78, 5) is 11.7. The number of rotatable bonds is 2. The number of aliphatic hydroxyl groups is 1. The van der Waals surface area contributed by atoms with Crippen LogP contribution in [0.3, 0.4) is 0 Å². The number of fused-ring (bicyclic) bond motifs is 1. The summed E-state index contributed by atoms with van der Waals surface area (Å²) in [6, 6.07) is 7.57. The van der Waals surface area contributed by atoms with Crippen molar-refractivity contribution in [3.05, 3.63) is 47.2 Å². The number of carbonyl (C=O) groups is 1. The summed E-state index contributed by atoms with van der Waals surface area (Å²) < 4.78 is 0. The first-order chi connectivity index (χ1) is 6.83. The third-order valence-corrected chi connectivity index (χ3v) is 2.30. The van der Waals surface area contributed by atoms with E-state index in [1.165, 1.54) is 0 Å². The number of allylic oxidation sites excluding steroid dienone is 1. The van der Waals surface area contributed by atoms with Gasteiger partial charge in [0, 0.05) is 23.8 Å². The third kappa shape index (κ3) is 1.42. The van der Waals surface area contributed by atoms with Crippen molar-refractivity contribution in [1.82, 2.24) is 5.32 Å². The van der Waals surface area contributed by atoms with Gasteiger partial charge in [0.2, 0.25) is 0 Å². The molecule has 0 saturated heterocycles. The Balaban J connectivity index is 2.30. The number of benzene rings is 1. The lowest BCUT2D eigenvalue weighted by atomic mass is 10.1. The first-order valence-electron chi connectivity index (χ1n) is 4.49. The molecule has 1 aromatic rings. The lowest BCUT2D eigenvalue weighted by molar-refractivity contribution is 0.103. The fourth-order valence-corrected chi connectivity index (χ4v) is 1.64. The fourth-order valence-electron chi connectivity index (χ4n) is 1.64. The van der Waals surface area contributed by atoms with Crippen molar-refractivity contribution in [2.45, 2.75) is 6.42 Å². The second kappa shape index (κ2) is 3.64. The molecule has 0 amide bonds. The normalized spacial score (nSPS) is 17.2. The predicted octanol–water partition coefficient (Wildman–Crippen LogP) is 0.849. The average molecular weight is 189 g/mol. The molecule has 3 heteroatoms. The number of ketones is 1. The molecule has 0 atom stereocenters. The highest BCUT2D eigenvalue weighted by molar-refractivity contribution is 6.13. The van der Waals surface area contributed by atoms with Crippen LogP contribution in [0.25, 0.3) is 0 Å². The van der Waals surface area contributed by atoms with Crippen LogP contribution in [0.4, 0.5) is 0 Å². The molecule has 0 aliphatic heterocycles. The van der Waals surface area contributed by atoms with Gasteiger partial charge in [0.1, 0.15) is 6.73 Å². The number of hydrogen-bond acceptors (Lipinski definition) is 3. The maximum atomic E-state index is 11.7. The zero-order chi connectivity index (χ0) is 9.97. The maximum absolute atomic E-state index is 11.7. The van der Waals surface area contributed by atoms with Gasteiger partial charge in [0.25, 0.3) is 0 Å². The quantitative estimate of drug-likeness (QED) is 0.535. The van der Waals surface area contributed by atoms with Gasteiger partial charge < -0.3 is 10.4 Å². The number of Topliss-reactive ketones (excluding diaryl/α,β-unsaturated/α-hetero) is 1. The predicted molar refractivity (Wildman–Crippen MR) is 52.8 cm³/mol. The molecular weight excluding hydrogens is 178 g/mol. The van der Waals surface area contributed by atoms with Gasteiger partial charge in [0.15, 0.2) is 5.78 Å². The van der Waals surface area contributed by atoms with Crippen LogP contribution in [0.1, 0.15) is 15.9 Å². The molecule has 14 heavy (non-hydrogen) atoms. The van der Waals surface area contributed by atoms with E-state index in [0.717, 1.165) is 11.1 Å². The molecule has 0 unspecified atom stereocenters. The lowest BCUT2D eigenvalue weighted by Crippen LogP contribution is -2.09. The molecule has 2 rings (SSSR count). The summed E-state index contributed by atoms with van der Waals surface area (Å²) in [6.07, 6.45) is 2.24. The molecule has 1 aliphatic rings. The van der Waals surface area contributed by atoms with E-state index >= 15 is 0 Å². The van der Waals surface area contributed by atoms with Crippen LogP contribution in [0.2, 0.25) is 0 Å². The Morgan fingerprint density at radius 2 is 2.21 bits per heavy atom. The lowest BCUT2D eigenvalue weighted by Gasteiger charge is -1.95. The van der Waals surface area contributed by atoms with Gasteiger partial charge in [-0.25, -0.2) is 0 Å². The van der Waals surface area contributed by atoms with Gasteiger partial charge >= 0.3 is 0 Å². The van der Waals surface area contributed by atoms with Crippen molar-refractivity contribution in [1.29, 1.82) is 0 Å². The summed E-state index contributed by atoms with van der Waals surface area (Å²) in [7, 11) is 0. The second-order valence-corrected chi connectivity index (χ2v) is 3.19. The fraction of sp³-hybridized carbons (Fsp3) is 0.182. The molecule has 72 valence electrons. The summed E-state index contributed by atoms with van der Waals surface area (Å²) >= 11 is 0. The van der Waals surface area contributed by atoms with Crippen molar-refractivity contribution in [3.63, 3.8) is 0 Å². The molecule has 1 aromatic carbocycles. The van der Waals surface area contributed by atoms with Gasteiger partial charge in [-0.05, 0) is 5.56 Å². The molecule has 0 spiro atoms. The highest BCUT2D eigenvalue weighted by Crippen LogP contribution is 2.25. The Bertz CT molecular complexity index is 396. The van der Waals surface area contributed by atoms with Crippen LogP contribution in [0, 0.1) is 0 Å². The summed E-state index contributed by atoms with van der Waals surface area (Å²) in [6.45, 7) is -0.146. The van der Waals surface area contributed by atoms with Crippen LogP contribution in [-0.2, 0) is 6.42 Å². The van der Waals surface area contributed by atoms with E-state index < -0.39 is 0 Å². The molecule has 0 aromatic heterocycles. The first-order valence-corrected chi connectivity index (χ1v) is 4.49. The summed E-state index contributed by atoms with van der Waals surface area (Å²) in [5.74, 6) is 0.0570. The van der Waals surface area contributed by atoms with Crippen molar-refractivity contribution in [2.75, 3.05) is 6.73 Å². The van der Waals surface area contributed by atoms with Crippen molar-refractivity contribution in [2.24, 2.45) is 0 Å². The number of carbonyl (C=O) groups excluding carboxylic acids is 1. The summed E-state index contributed by atoms with van der Waals surface area (Å²) in [5.41, 5.74) is 2.54. The molecule has 0 radical (unpaired) electrons. The highest BCUT2D eigenvalue weighted by atomic mass is 16.3. The molecule has 1 aliphatic carbocycles. The van der Waals surface area contributed by atoms with E-state index in [4.69, 9.17) is 5.11 Å². The SMILES string of the molecule is O=C1/C(=C\NCO)Cc2ccccc21. The molecule has 0 bridgehead atoms. The minimum atomic E-state index is -0.146. The van der Waals surface area contributed by atoms with E-state index in [1.54, 1.807) is 6.20 Å². The van der Waals surface area contributed by atoms with Gasteiger partial charge in [-0.3, -0.25) is 4.79 Å². The van der Waals surface area contributed by atoms with Crippen LogP contribution < -0.4 is 5.32 Å². The Kier molecular flexibility index (Phi) is 2.33. The Morgan fingerprint density at radius 3 is 2.93 bits per heavy atom. The monoisotopic (exact) mass is 189 g/mol. The first kappa shape index (κ1) is 8.97. The zero-order valence-corrected chi connectivity index (χ0v) is 7.66. The number of aliphatic hydroxyl groups excluding tert-OH is 1. The Morgan fingerprint density at radius 1 is 1.43 bits per heavy atom. The van der Waals surface area contributed by atoms with Crippen LogP contribution in [-0.4, -0.2) is 17.6 Å². The zero-order valence-electron chi connectivity index (χ0n) is 7.66. The van der Waals surface area contributed by atoms with Gasteiger partial charge in [-0.1, -0.05) is 24.3 Å². The van der Waals surface area contributed by atoms with Gasteiger partial charge in [-0.15, -0.1) is 0 Å². The molecule has 0 saturated carbocycles. The number of hydrogen-bond donors (Lipinski definition) is 2. The van der Waals surface area contributed by atoms with Crippen molar-refractivity contribution < 1.29 is 9.90 Å². The third-order valence-electron chi connectivity index (χ3n) is 2.30. The van der Waals surface area contributed by atoms with Crippen LogP contribution >= 0.6 is 0 Å². The maximum Gasteiger partial charge on any atom is 0.191 e. The van der Waals surface area contributed by atoms with Crippen LogP contribution in [0.15, 0.2) is 36.0 Å². The molecular formula is C11H11NO2. The van der Waals surface area contributed by atoms with E-state index in [-0.39, 0.29) is 12.5 Å². The topological polar surface area (TPSA) is 49.3 Å². The summed E-state index contributed by atoms with van der Waals surface area (Å²) in [5, 5.41) is 11.2. The van der Waals surface area contributed by atoms with Gasteiger partial charge in [0.05, 0.1) is 0 Å². The number of nitrogens with one attached hydrogen (secondary N) is 1.